The van der Waals surface area contributed by atoms with Gasteiger partial charge in [0.15, 0.2) is 5.82 Å². The molecule has 0 unspecified atom stereocenters. The minimum Gasteiger partial charge on any atom is -0.495 e. The number of halogens is 2. The molecule has 5 aliphatic rings. The lowest BCUT2D eigenvalue weighted by Crippen LogP contribution is -2.74. The van der Waals surface area contributed by atoms with Gasteiger partial charge in [-0.3, -0.25) is 23.9 Å². The first kappa shape index (κ1) is 47.2. The maximum Gasteiger partial charge on any atom is 0.264 e. The van der Waals surface area contributed by atoms with Crippen LogP contribution in [0.1, 0.15) is 111 Å². The van der Waals surface area contributed by atoms with Crippen LogP contribution in [-0.4, -0.2) is 106 Å². The molecule has 1 saturated carbocycles. The Bertz CT molecular complexity index is 2820. The van der Waals surface area contributed by atoms with E-state index in [2.05, 4.69) is 75.7 Å². The zero-order valence-corrected chi connectivity index (χ0v) is 41.3. The fraction of sp³-hybridized carbons (Fsp3) is 0.500. The van der Waals surface area contributed by atoms with E-state index < -0.39 is 6.43 Å². The molecular formula is C54H64F2N10O4. The molecule has 16 heteroatoms. The molecule has 368 valence electrons. The Morgan fingerprint density at radius 1 is 0.929 bits per heavy atom. The van der Waals surface area contributed by atoms with Crippen molar-refractivity contribution in [3.8, 4) is 28.7 Å². The van der Waals surface area contributed by atoms with Crippen molar-refractivity contribution in [2.45, 2.75) is 110 Å². The number of hydrogen-bond acceptors (Lipinski definition) is 10. The van der Waals surface area contributed by atoms with Crippen LogP contribution in [0.2, 0.25) is 0 Å². The van der Waals surface area contributed by atoms with Gasteiger partial charge in [0, 0.05) is 134 Å². The third-order valence-corrected chi connectivity index (χ3v) is 16.1. The van der Waals surface area contributed by atoms with Crippen molar-refractivity contribution in [2.24, 2.45) is 17.9 Å². The van der Waals surface area contributed by atoms with Crippen LogP contribution in [0.25, 0.3) is 11.1 Å². The van der Waals surface area contributed by atoms with E-state index in [4.69, 9.17) is 14.6 Å². The number of aromatic nitrogens is 4. The summed E-state index contributed by atoms with van der Waals surface area (Å²) in [7, 11) is 3.33. The molecule has 10 rings (SSSR count). The van der Waals surface area contributed by atoms with Crippen LogP contribution in [0.15, 0.2) is 67.0 Å². The number of aryl methyl sites for hydroxylation is 2. The van der Waals surface area contributed by atoms with Crippen molar-refractivity contribution in [1.29, 1.82) is 5.26 Å². The van der Waals surface area contributed by atoms with Crippen molar-refractivity contribution in [3.05, 3.63) is 101 Å². The van der Waals surface area contributed by atoms with Gasteiger partial charge >= 0.3 is 0 Å². The molecule has 0 spiro atoms. The average Bonchev–Trinajstić information content (AvgIpc) is 4.13. The molecule has 1 atom stereocenters. The molecule has 6 heterocycles. The van der Waals surface area contributed by atoms with Crippen LogP contribution >= 0.6 is 0 Å². The highest BCUT2D eigenvalue weighted by Crippen LogP contribution is 2.56. The maximum atomic E-state index is 14.8. The van der Waals surface area contributed by atoms with E-state index >= 15 is 0 Å². The van der Waals surface area contributed by atoms with Crippen LogP contribution in [0, 0.1) is 22.2 Å². The molecule has 1 aliphatic carbocycles. The van der Waals surface area contributed by atoms with Gasteiger partial charge in [-0.1, -0.05) is 27.7 Å². The third-order valence-electron chi connectivity index (χ3n) is 16.1. The summed E-state index contributed by atoms with van der Waals surface area (Å²) < 4.78 is 45.4. The SMILES string of the molecule is COc1cc(OC2C(C)(C)C(NC(=O)c3ccc(N4CC[C@H](N5CCC(n6nc(N7CCCc8cc(-c9cnn(C)c9)c(C(F)F)cc87)c7c6CCN(C(C)=O)C7)CC5)C4)cc3)C2(C)C)ccc1C#N. The number of benzene rings is 3. The van der Waals surface area contributed by atoms with Crippen LogP contribution in [0.4, 0.5) is 26.0 Å². The molecule has 5 aromatic rings. The summed E-state index contributed by atoms with van der Waals surface area (Å²) in [6, 6.07) is 19.4. The number of anilines is 3. The number of hydrogen-bond donors (Lipinski definition) is 1. The minimum absolute atomic E-state index is 0.0155. The summed E-state index contributed by atoms with van der Waals surface area (Å²) in [5.41, 5.74) is 6.57. The first-order valence-electron chi connectivity index (χ1n) is 24.8. The van der Waals surface area contributed by atoms with E-state index in [1.165, 1.54) is 7.11 Å². The maximum absolute atomic E-state index is 14.8. The summed E-state index contributed by atoms with van der Waals surface area (Å²) in [4.78, 5) is 35.5. The lowest BCUT2D eigenvalue weighted by Gasteiger charge is -2.63. The quantitative estimate of drug-likeness (QED) is 0.137. The molecule has 0 bridgehead atoms. The Hall–Kier alpha value is -6.47. The molecule has 2 saturated heterocycles. The van der Waals surface area contributed by atoms with Gasteiger partial charge in [0.25, 0.3) is 12.3 Å². The first-order valence-corrected chi connectivity index (χ1v) is 24.8. The summed E-state index contributed by atoms with van der Waals surface area (Å²) >= 11 is 0. The normalized spacial score (nSPS) is 22.0. The number of nitrogens with one attached hydrogen (secondary N) is 1. The Morgan fingerprint density at radius 2 is 1.67 bits per heavy atom. The molecule has 3 fully saturated rings. The van der Waals surface area contributed by atoms with Gasteiger partial charge in [-0.15, -0.1) is 0 Å². The molecule has 0 radical (unpaired) electrons. The zero-order valence-electron chi connectivity index (χ0n) is 41.3. The van der Waals surface area contributed by atoms with E-state index in [0.29, 0.717) is 65.8 Å². The number of fused-ring (bicyclic) bond motifs is 2. The highest BCUT2D eigenvalue weighted by atomic mass is 19.3. The van der Waals surface area contributed by atoms with E-state index in [0.717, 1.165) is 92.3 Å². The number of piperidine rings is 1. The number of alkyl halides is 2. The number of rotatable bonds is 11. The lowest BCUT2D eigenvalue weighted by molar-refractivity contribution is -0.164. The molecule has 70 heavy (non-hydrogen) atoms. The Kier molecular flexibility index (Phi) is 12.4. The first-order chi connectivity index (χ1) is 33.5. The van der Waals surface area contributed by atoms with E-state index in [1.807, 2.05) is 23.1 Å². The van der Waals surface area contributed by atoms with Gasteiger partial charge in [-0.2, -0.15) is 15.5 Å². The second kappa shape index (κ2) is 18.4. The predicted octanol–water partition coefficient (Wildman–Crippen LogP) is 8.62. The number of ether oxygens (including phenoxy) is 2. The molecule has 4 aliphatic heterocycles. The predicted molar refractivity (Wildman–Crippen MR) is 264 cm³/mol. The van der Waals surface area contributed by atoms with Crippen LogP contribution in [0.3, 0.4) is 0 Å². The fourth-order valence-electron chi connectivity index (χ4n) is 12.7. The van der Waals surface area contributed by atoms with Gasteiger partial charge in [-0.25, -0.2) is 8.78 Å². The number of carbonyl (C=O) groups is 2. The third kappa shape index (κ3) is 8.43. The van der Waals surface area contributed by atoms with Crippen LogP contribution in [-0.2, 0) is 31.2 Å². The largest absolute Gasteiger partial charge is 0.495 e. The van der Waals surface area contributed by atoms with Gasteiger partial charge in [0.1, 0.15) is 23.7 Å². The summed E-state index contributed by atoms with van der Waals surface area (Å²) in [5, 5.41) is 22.4. The van der Waals surface area contributed by atoms with E-state index in [-0.39, 0.29) is 46.4 Å². The Balaban J connectivity index is 0.785. The molecule has 2 amide bonds. The van der Waals surface area contributed by atoms with Gasteiger partial charge in [0.05, 0.1) is 31.5 Å². The average molecular weight is 955 g/mol. The van der Waals surface area contributed by atoms with Gasteiger partial charge < -0.3 is 29.5 Å². The van der Waals surface area contributed by atoms with Crippen molar-refractivity contribution in [3.63, 3.8) is 0 Å². The van der Waals surface area contributed by atoms with Crippen molar-refractivity contribution in [1.82, 2.24) is 34.7 Å². The highest BCUT2D eigenvalue weighted by Gasteiger charge is 2.64. The van der Waals surface area contributed by atoms with Crippen molar-refractivity contribution < 1.29 is 27.8 Å². The van der Waals surface area contributed by atoms with Crippen LogP contribution < -0.4 is 24.6 Å². The molecule has 3 aromatic carbocycles. The van der Waals surface area contributed by atoms with Crippen molar-refractivity contribution in [2.75, 3.05) is 56.2 Å². The second-order valence-corrected chi connectivity index (χ2v) is 21.1. The summed E-state index contributed by atoms with van der Waals surface area (Å²) in [6.45, 7) is 15.5. The highest BCUT2D eigenvalue weighted by molar-refractivity contribution is 5.95. The molecule has 1 N–H and O–H groups in total. The fourth-order valence-corrected chi connectivity index (χ4v) is 12.7. The van der Waals surface area contributed by atoms with Crippen LogP contribution in [0.5, 0.6) is 11.5 Å². The van der Waals surface area contributed by atoms with Crippen molar-refractivity contribution >= 4 is 29.0 Å². The van der Waals surface area contributed by atoms with E-state index in [1.54, 1.807) is 55.3 Å². The monoisotopic (exact) mass is 955 g/mol. The Labute approximate surface area is 409 Å². The molecule has 14 nitrogen and oxygen atoms in total. The second-order valence-electron chi connectivity index (χ2n) is 21.1. The molecular weight excluding hydrogens is 891 g/mol. The van der Waals surface area contributed by atoms with E-state index in [9.17, 15) is 23.6 Å². The van der Waals surface area contributed by atoms with Gasteiger partial charge in [0.2, 0.25) is 5.91 Å². The molecule has 2 aromatic heterocycles. The summed E-state index contributed by atoms with van der Waals surface area (Å²) in [6.07, 6.45) is 5.84. The van der Waals surface area contributed by atoms with Gasteiger partial charge in [-0.05, 0) is 91.8 Å². The topological polar surface area (TPSA) is 137 Å². The standard InChI is InChI=1S/C54H64F2N10O4/c1-33(67)63-24-19-45-44(32-63)49(65-20-8-9-35-25-42(37-29-58-61(6)30-37)43(48(55)56)27-46(35)65)60-66(45)39-16-21-62(22-17-39)40-18-23-64(31-40)38-13-10-34(11-14-38)50(68)59-51-53(2,3)52(54(51,4)5)70-41-15-12-36(28-57)47(26-41)69-7/h10-15,25-27,29-30,39-40,48,51-52H,8-9,16-24,31-32H2,1-7H3,(H,59,68)/t40-,51?,52?/m0/s1. The number of carbonyl (C=O) groups excluding carboxylic acids is 2. The number of likely N-dealkylation sites (tertiary alicyclic amines) is 1. The minimum atomic E-state index is -2.66. The summed E-state index contributed by atoms with van der Waals surface area (Å²) in [5.74, 6) is 1.78. The number of nitriles is 1. The zero-order chi connectivity index (χ0) is 49.2. The number of methoxy groups -OCH3 is 1. The number of amides is 2. The lowest BCUT2D eigenvalue weighted by atomic mass is 9.49. The smallest absolute Gasteiger partial charge is 0.264 e. The number of nitrogens with zero attached hydrogens (tertiary/aromatic N) is 9. The Morgan fingerprint density at radius 3 is 2.34 bits per heavy atom.